The number of ether oxygens (including phenoxy) is 1. The number of nitrogens with zero attached hydrogens (tertiary/aromatic N) is 2. The van der Waals surface area contributed by atoms with E-state index in [4.69, 9.17) is 10.5 Å². The summed E-state index contributed by atoms with van der Waals surface area (Å²) in [5.41, 5.74) is 5.97. The lowest BCUT2D eigenvalue weighted by molar-refractivity contribution is -0.142. The Balaban J connectivity index is 2.02. The molecule has 0 aromatic rings. The number of nitrogens with two attached hydrogens (primary N) is 1. The van der Waals surface area contributed by atoms with Crippen LogP contribution in [0.4, 0.5) is 0 Å². The van der Waals surface area contributed by atoms with Gasteiger partial charge in [-0.25, -0.2) is 0 Å². The summed E-state index contributed by atoms with van der Waals surface area (Å²) in [7, 11) is 0. The smallest absolute Gasteiger partial charge is 0.239 e. The van der Waals surface area contributed by atoms with Gasteiger partial charge in [-0.1, -0.05) is 19.8 Å². The van der Waals surface area contributed by atoms with Crippen LogP contribution in [0.3, 0.4) is 0 Å². The van der Waals surface area contributed by atoms with Gasteiger partial charge in [-0.2, -0.15) is 0 Å². The predicted molar refractivity (Wildman–Crippen MR) is 84.0 cm³/mol. The van der Waals surface area contributed by atoms with Crippen LogP contribution in [-0.2, 0) is 9.53 Å². The van der Waals surface area contributed by atoms with Crippen molar-refractivity contribution in [3.8, 4) is 0 Å². The molecule has 0 radical (unpaired) electrons. The average Bonchev–Trinajstić information content (AvgIpc) is 2.56. The first kappa shape index (κ1) is 16.7. The Morgan fingerprint density at radius 1 is 1.33 bits per heavy atom. The maximum absolute atomic E-state index is 12.7. The molecule has 1 saturated carbocycles. The molecule has 2 N–H and O–H groups in total. The summed E-state index contributed by atoms with van der Waals surface area (Å²) in [5, 5.41) is 0. The van der Waals surface area contributed by atoms with E-state index in [0.29, 0.717) is 25.2 Å². The van der Waals surface area contributed by atoms with E-state index in [1.54, 1.807) is 0 Å². The lowest BCUT2D eigenvalue weighted by atomic mass is 9.83. The Bertz CT molecular complexity index is 331. The zero-order valence-corrected chi connectivity index (χ0v) is 13.6. The molecule has 0 bridgehead atoms. The Kier molecular flexibility index (Phi) is 6.45. The van der Waals surface area contributed by atoms with E-state index in [0.717, 1.165) is 26.2 Å². The van der Waals surface area contributed by atoms with E-state index < -0.39 is 0 Å². The normalized spacial score (nSPS) is 28.7. The molecular formula is C16H31N3O2. The molecule has 2 rings (SSSR count). The number of hydrogen-bond donors (Lipinski definition) is 1. The number of morpholine rings is 1. The third-order valence-electron chi connectivity index (χ3n) is 5.14. The summed E-state index contributed by atoms with van der Waals surface area (Å²) < 4.78 is 5.34. The number of hydrogen-bond acceptors (Lipinski definition) is 4. The van der Waals surface area contributed by atoms with Crippen LogP contribution in [0.1, 0.15) is 39.5 Å². The summed E-state index contributed by atoms with van der Waals surface area (Å²) in [5.74, 6) is 0.792. The molecule has 2 aliphatic rings. The van der Waals surface area contributed by atoms with Gasteiger partial charge in [-0.3, -0.25) is 9.69 Å². The fourth-order valence-corrected chi connectivity index (χ4v) is 3.89. The summed E-state index contributed by atoms with van der Waals surface area (Å²) in [4.78, 5) is 17.1. The second-order valence-corrected chi connectivity index (χ2v) is 6.29. The fraction of sp³-hybridized carbons (Fsp3) is 0.938. The van der Waals surface area contributed by atoms with Gasteiger partial charge in [0.05, 0.1) is 19.3 Å². The lowest BCUT2D eigenvalue weighted by Gasteiger charge is -2.43. The first-order valence-electron chi connectivity index (χ1n) is 8.51. The molecule has 0 aromatic carbocycles. The SMILES string of the molecule is CCN(C(C)C(=O)N1CCOCC1)C1CCCCC1CN. The molecule has 1 aliphatic heterocycles. The van der Waals surface area contributed by atoms with Crippen molar-refractivity contribution in [1.29, 1.82) is 0 Å². The van der Waals surface area contributed by atoms with Gasteiger partial charge >= 0.3 is 0 Å². The Labute approximate surface area is 128 Å². The van der Waals surface area contributed by atoms with E-state index in [-0.39, 0.29) is 11.9 Å². The molecule has 1 aliphatic carbocycles. The fourth-order valence-electron chi connectivity index (χ4n) is 3.89. The molecule has 1 saturated heterocycles. The van der Waals surface area contributed by atoms with Crippen molar-refractivity contribution in [1.82, 2.24) is 9.80 Å². The average molecular weight is 297 g/mol. The zero-order chi connectivity index (χ0) is 15.2. The van der Waals surface area contributed by atoms with Crippen molar-refractivity contribution in [2.24, 2.45) is 11.7 Å². The van der Waals surface area contributed by atoms with Gasteiger partial charge in [0.25, 0.3) is 0 Å². The molecule has 122 valence electrons. The molecule has 21 heavy (non-hydrogen) atoms. The molecule has 2 fully saturated rings. The minimum Gasteiger partial charge on any atom is -0.378 e. The maximum Gasteiger partial charge on any atom is 0.239 e. The van der Waals surface area contributed by atoms with Crippen LogP contribution in [0, 0.1) is 5.92 Å². The maximum atomic E-state index is 12.7. The van der Waals surface area contributed by atoms with Crippen molar-refractivity contribution < 1.29 is 9.53 Å². The molecule has 0 aromatic heterocycles. The van der Waals surface area contributed by atoms with Crippen molar-refractivity contribution in [3.05, 3.63) is 0 Å². The number of amides is 1. The molecule has 5 heteroatoms. The van der Waals surface area contributed by atoms with Crippen molar-refractivity contribution >= 4 is 5.91 Å². The highest BCUT2D eigenvalue weighted by Crippen LogP contribution is 2.29. The molecular weight excluding hydrogens is 266 g/mol. The van der Waals surface area contributed by atoms with Gasteiger partial charge in [0, 0.05) is 19.1 Å². The van der Waals surface area contributed by atoms with Crippen molar-refractivity contribution in [2.75, 3.05) is 39.4 Å². The van der Waals surface area contributed by atoms with E-state index >= 15 is 0 Å². The predicted octanol–water partition coefficient (Wildman–Crippen LogP) is 1.07. The zero-order valence-electron chi connectivity index (χ0n) is 13.6. The van der Waals surface area contributed by atoms with Crippen LogP contribution in [0.2, 0.25) is 0 Å². The highest BCUT2D eigenvalue weighted by molar-refractivity contribution is 5.81. The van der Waals surface area contributed by atoms with E-state index in [9.17, 15) is 4.79 Å². The topological polar surface area (TPSA) is 58.8 Å². The number of carbonyl (C=O) groups is 1. The Morgan fingerprint density at radius 3 is 2.62 bits per heavy atom. The molecule has 1 amide bonds. The van der Waals surface area contributed by atoms with Gasteiger partial charge in [-0.15, -0.1) is 0 Å². The van der Waals surface area contributed by atoms with Crippen LogP contribution in [0.25, 0.3) is 0 Å². The van der Waals surface area contributed by atoms with Gasteiger partial charge in [0.1, 0.15) is 0 Å². The van der Waals surface area contributed by atoms with Gasteiger partial charge in [0.15, 0.2) is 0 Å². The van der Waals surface area contributed by atoms with Crippen LogP contribution in [0.5, 0.6) is 0 Å². The van der Waals surface area contributed by atoms with E-state index in [2.05, 4.69) is 18.7 Å². The van der Waals surface area contributed by atoms with Crippen molar-refractivity contribution in [2.45, 2.75) is 51.6 Å². The summed E-state index contributed by atoms with van der Waals surface area (Å²) >= 11 is 0. The second kappa shape index (κ2) is 8.11. The number of carbonyl (C=O) groups excluding carboxylic acids is 1. The first-order chi connectivity index (χ1) is 10.2. The summed E-state index contributed by atoms with van der Waals surface area (Å²) in [6.45, 7) is 8.66. The lowest BCUT2D eigenvalue weighted by Crippen LogP contribution is -2.56. The number of rotatable bonds is 5. The van der Waals surface area contributed by atoms with Gasteiger partial charge < -0.3 is 15.4 Å². The third kappa shape index (κ3) is 3.96. The Morgan fingerprint density at radius 2 is 2.00 bits per heavy atom. The minimum absolute atomic E-state index is 0.0507. The van der Waals surface area contributed by atoms with Gasteiger partial charge in [0.2, 0.25) is 5.91 Å². The monoisotopic (exact) mass is 297 g/mol. The Hall–Kier alpha value is -0.650. The second-order valence-electron chi connectivity index (χ2n) is 6.29. The minimum atomic E-state index is -0.0507. The van der Waals surface area contributed by atoms with Crippen LogP contribution < -0.4 is 5.73 Å². The standard InChI is InChI=1S/C16H31N3O2/c1-3-19(15-7-5-4-6-14(15)12-17)13(2)16(20)18-8-10-21-11-9-18/h13-15H,3-12,17H2,1-2H3. The van der Waals surface area contributed by atoms with E-state index in [1.165, 1.54) is 25.7 Å². The summed E-state index contributed by atoms with van der Waals surface area (Å²) in [6, 6.07) is 0.416. The highest BCUT2D eigenvalue weighted by atomic mass is 16.5. The van der Waals surface area contributed by atoms with Crippen molar-refractivity contribution in [3.63, 3.8) is 0 Å². The molecule has 3 atom stereocenters. The van der Waals surface area contributed by atoms with Gasteiger partial charge in [-0.05, 0) is 38.8 Å². The first-order valence-corrected chi connectivity index (χ1v) is 8.51. The number of likely N-dealkylation sites (N-methyl/N-ethyl adjacent to an activating group) is 1. The largest absolute Gasteiger partial charge is 0.378 e. The molecule has 5 nitrogen and oxygen atoms in total. The van der Waals surface area contributed by atoms with E-state index in [1.807, 2.05) is 4.90 Å². The van der Waals surface area contributed by atoms with Crippen LogP contribution >= 0.6 is 0 Å². The third-order valence-corrected chi connectivity index (χ3v) is 5.14. The van der Waals surface area contributed by atoms with Crippen LogP contribution in [0.15, 0.2) is 0 Å². The van der Waals surface area contributed by atoms with Crippen LogP contribution in [-0.4, -0.2) is 67.2 Å². The molecule has 0 spiro atoms. The molecule has 1 heterocycles. The summed E-state index contributed by atoms with van der Waals surface area (Å²) in [6.07, 6.45) is 4.92. The molecule has 3 unspecified atom stereocenters. The highest BCUT2D eigenvalue weighted by Gasteiger charge is 2.35. The quantitative estimate of drug-likeness (QED) is 0.825.